The first kappa shape index (κ1) is 12.1. The summed E-state index contributed by atoms with van der Waals surface area (Å²) < 4.78 is 7.34. The number of hydrogen-bond donors (Lipinski definition) is 1. The Morgan fingerprint density at radius 1 is 1.47 bits per heavy atom. The monoisotopic (exact) mass is 252 g/mol. The first-order valence-corrected chi connectivity index (χ1v) is 6.38. The van der Waals surface area contributed by atoms with Gasteiger partial charge in [0.1, 0.15) is 0 Å². The summed E-state index contributed by atoms with van der Waals surface area (Å²) >= 11 is 1.68. The van der Waals surface area contributed by atoms with E-state index < -0.39 is 0 Å². The van der Waals surface area contributed by atoms with Crippen molar-refractivity contribution in [2.24, 2.45) is 0 Å². The third kappa shape index (κ3) is 3.54. The molecule has 2 rings (SSSR count). The van der Waals surface area contributed by atoms with Crippen LogP contribution >= 0.6 is 11.3 Å². The molecule has 2 aromatic heterocycles. The van der Waals surface area contributed by atoms with Gasteiger partial charge >= 0.3 is 0 Å². The highest BCUT2D eigenvalue weighted by molar-refractivity contribution is 7.09. The Balaban J connectivity index is 1.62. The van der Waals surface area contributed by atoms with Crippen molar-refractivity contribution >= 4 is 17.0 Å². The SMILES string of the molecule is Cc1ncsc1CCOCCn1cc(N)cn1. The molecule has 5 nitrogen and oxygen atoms in total. The lowest BCUT2D eigenvalue weighted by molar-refractivity contribution is 0.127. The smallest absolute Gasteiger partial charge is 0.0797 e. The summed E-state index contributed by atoms with van der Waals surface area (Å²) in [6.45, 7) is 4.13. The standard InChI is InChI=1S/C11H16N4OS/c1-9-11(17-8-13-9)2-4-16-5-3-15-7-10(12)6-14-15/h6-8H,2-5,12H2,1H3. The van der Waals surface area contributed by atoms with Gasteiger partial charge in [-0.1, -0.05) is 0 Å². The van der Waals surface area contributed by atoms with Crippen molar-refractivity contribution in [3.05, 3.63) is 28.5 Å². The molecule has 92 valence electrons. The summed E-state index contributed by atoms with van der Waals surface area (Å²) in [5.74, 6) is 0. The van der Waals surface area contributed by atoms with Gasteiger partial charge < -0.3 is 10.5 Å². The molecule has 0 aromatic carbocycles. The van der Waals surface area contributed by atoms with Gasteiger partial charge in [0.15, 0.2) is 0 Å². The second-order valence-corrected chi connectivity index (χ2v) is 4.70. The summed E-state index contributed by atoms with van der Waals surface area (Å²) in [5.41, 5.74) is 9.23. The summed E-state index contributed by atoms with van der Waals surface area (Å²) in [4.78, 5) is 5.50. The van der Waals surface area contributed by atoms with Crippen LogP contribution in [0.15, 0.2) is 17.9 Å². The lowest BCUT2D eigenvalue weighted by atomic mass is 10.3. The molecule has 0 spiro atoms. The van der Waals surface area contributed by atoms with Gasteiger partial charge in [0, 0.05) is 17.5 Å². The van der Waals surface area contributed by atoms with E-state index in [-0.39, 0.29) is 0 Å². The van der Waals surface area contributed by atoms with Gasteiger partial charge in [0.25, 0.3) is 0 Å². The van der Waals surface area contributed by atoms with Crippen molar-refractivity contribution < 1.29 is 4.74 Å². The normalized spacial score (nSPS) is 10.9. The van der Waals surface area contributed by atoms with Crippen LogP contribution in [0.3, 0.4) is 0 Å². The number of nitrogen functional groups attached to an aromatic ring is 1. The number of anilines is 1. The van der Waals surface area contributed by atoms with Crippen LogP contribution in [0.2, 0.25) is 0 Å². The molecular formula is C11H16N4OS. The molecule has 0 aliphatic carbocycles. The number of aryl methyl sites for hydroxylation is 1. The van der Waals surface area contributed by atoms with E-state index in [1.807, 2.05) is 12.4 Å². The highest BCUT2D eigenvalue weighted by Crippen LogP contribution is 2.12. The predicted octanol–water partition coefficient (Wildman–Crippen LogP) is 1.49. The lowest BCUT2D eigenvalue weighted by Gasteiger charge is -2.03. The van der Waals surface area contributed by atoms with Crippen molar-refractivity contribution in [2.45, 2.75) is 19.9 Å². The molecule has 0 atom stereocenters. The van der Waals surface area contributed by atoms with E-state index in [1.165, 1.54) is 4.88 Å². The third-order valence-electron chi connectivity index (χ3n) is 2.44. The summed E-state index contributed by atoms with van der Waals surface area (Å²) in [6, 6.07) is 0. The summed E-state index contributed by atoms with van der Waals surface area (Å²) in [6.07, 6.45) is 4.37. The van der Waals surface area contributed by atoms with E-state index in [0.717, 1.165) is 25.3 Å². The average Bonchev–Trinajstić information content (AvgIpc) is 2.88. The Hall–Kier alpha value is -1.40. The summed E-state index contributed by atoms with van der Waals surface area (Å²) in [5, 5.41) is 4.08. The topological polar surface area (TPSA) is 66.0 Å². The minimum absolute atomic E-state index is 0.652. The maximum absolute atomic E-state index is 5.56. The van der Waals surface area contributed by atoms with Crippen LogP contribution in [-0.4, -0.2) is 28.0 Å². The van der Waals surface area contributed by atoms with Gasteiger partial charge in [-0.3, -0.25) is 4.68 Å². The molecular weight excluding hydrogens is 236 g/mol. The Labute approximate surface area is 104 Å². The molecule has 2 heterocycles. The zero-order chi connectivity index (χ0) is 12.1. The Morgan fingerprint density at radius 3 is 3.00 bits per heavy atom. The van der Waals surface area contributed by atoms with E-state index in [1.54, 1.807) is 28.4 Å². The zero-order valence-electron chi connectivity index (χ0n) is 9.80. The van der Waals surface area contributed by atoms with Crippen molar-refractivity contribution in [2.75, 3.05) is 18.9 Å². The molecule has 0 amide bonds. The molecule has 2 aromatic rings. The van der Waals surface area contributed by atoms with Gasteiger partial charge in [-0.2, -0.15) is 5.10 Å². The van der Waals surface area contributed by atoms with Gasteiger partial charge in [0.05, 0.1) is 42.8 Å². The van der Waals surface area contributed by atoms with E-state index in [0.29, 0.717) is 12.3 Å². The first-order chi connectivity index (χ1) is 8.25. The first-order valence-electron chi connectivity index (χ1n) is 5.50. The van der Waals surface area contributed by atoms with Crippen molar-refractivity contribution in [3.8, 4) is 0 Å². The predicted molar refractivity (Wildman–Crippen MR) is 68.0 cm³/mol. The second kappa shape index (κ2) is 5.79. The van der Waals surface area contributed by atoms with Gasteiger partial charge in [0.2, 0.25) is 0 Å². The number of nitrogens with zero attached hydrogens (tertiary/aromatic N) is 3. The van der Waals surface area contributed by atoms with E-state index >= 15 is 0 Å². The number of rotatable bonds is 6. The molecule has 0 unspecified atom stereocenters. The van der Waals surface area contributed by atoms with E-state index in [4.69, 9.17) is 10.5 Å². The van der Waals surface area contributed by atoms with Gasteiger partial charge in [-0.25, -0.2) is 4.98 Å². The largest absolute Gasteiger partial charge is 0.396 e. The van der Waals surface area contributed by atoms with Gasteiger partial charge in [-0.15, -0.1) is 11.3 Å². The van der Waals surface area contributed by atoms with Crippen LogP contribution in [0.1, 0.15) is 10.6 Å². The molecule has 2 N–H and O–H groups in total. The fourth-order valence-corrected chi connectivity index (χ4v) is 2.26. The van der Waals surface area contributed by atoms with Crippen molar-refractivity contribution in [1.29, 1.82) is 0 Å². The van der Waals surface area contributed by atoms with Crippen LogP contribution in [0.5, 0.6) is 0 Å². The van der Waals surface area contributed by atoms with Crippen LogP contribution < -0.4 is 5.73 Å². The zero-order valence-corrected chi connectivity index (χ0v) is 10.6. The van der Waals surface area contributed by atoms with E-state index in [9.17, 15) is 0 Å². The fraction of sp³-hybridized carbons (Fsp3) is 0.455. The molecule has 0 saturated heterocycles. The van der Waals surface area contributed by atoms with Crippen molar-refractivity contribution in [3.63, 3.8) is 0 Å². The number of aromatic nitrogens is 3. The molecule has 0 saturated carbocycles. The van der Waals surface area contributed by atoms with Crippen LogP contribution in [0, 0.1) is 6.92 Å². The Kier molecular flexibility index (Phi) is 4.11. The Morgan fingerprint density at radius 2 is 2.35 bits per heavy atom. The molecule has 6 heteroatoms. The van der Waals surface area contributed by atoms with Gasteiger partial charge in [-0.05, 0) is 6.92 Å². The Bertz CT molecular complexity index is 465. The second-order valence-electron chi connectivity index (χ2n) is 3.76. The van der Waals surface area contributed by atoms with Crippen molar-refractivity contribution in [1.82, 2.24) is 14.8 Å². The average molecular weight is 252 g/mol. The maximum atomic E-state index is 5.56. The quantitative estimate of drug-likeness (QED) is 0.791. The summed E-state index contributed by atoms with van der Waals surface area (Å²) in [7, 11) is 0. The third-order valence-corrected chi connectivity index (χ3v) is 3.43. The highest BCUT2D eigenvalue weighted by Gasteiger charge is 2.01. The molecule has 0 bridgehead atoms. The number of nitrogens with two attached hydrogens (primary N) is 1. The molecule has 0 radical (unpaired) electrons. The molecule has 0 aliphatic heterocycles. The highest BCUT2D eigenvalue weighted by atomic mass is 32.1. The van der Waals surface area contributed by atoms with Crippen LogP contribution in [0.25, 0.3) is 0 Å². The fourth-order valence-electron chi connectivity index (χ4n) is 1.49. The lowest BCUT2D eigenvalue weighted by Crippen LogP contribution is -2.08. The number of thiazole rings is 1. The van der Waals surface area contributed by atoms with E-state index in [2.05, 4.69) is 10.1 Å². The molecule has 0 fully saturated rings. The number of hydrogen-bond acceptors (Lipinski definition) is 5. The minimum Gasteiger partial charge on any atom is -0.396 e. The molecule has 0 aliphatic rings. The number of ether oxygens (including phenoxy) is 1. The maximum Gasteiger partial charge on any atom is 0.0797 e. The van der Waals surface area contributed by atoms with Crippen LogP contribution in [0.4, 0.5) is 5.69 Å². The molecule has 17 heavy (non-hydrogen) atoms. The minimum atomic E-state index is 0.652. The van der Waals surface area contributed by atoms with Crippen LogP contribution in [-0.2, 0) is 17.7 Å².